The second-order valence-corrected chi connectivity index (χ2v) is 11.5. The molecule has 3 unspecified atom stereocenters. The molecule has 0 bridgehead atoms. The molecule has 2 heterocycles. The number of urea groups is 1. The molecule has 1 aliphatic rings. The monoisotopic (exact) mass is 564 g/mol. The summed E-state index contributed by atoms with van der Waals surface area (Å²) < 4.78 is 10.8. The molecule has 210 valence electrons. The Balaban J connectivity index is 1.46. The van der Waals surface area contributed by atoms with Crippen molar-refractivity contribution in [3.8, 4) is 0 Å². The van der Waals surface area contributed by atoms with Crippen molar-refractivity contribution in [2.75, 3.05) is 5.32 Å². The van der Waals surface area contributed by atoms with E-state index in [-0.39, 0.29) is 19.1 Å². The number of ether oxygens (including phenoxy) is 2. The number of thiazole rings is 1. The lowest BCUT2D eigenvalue weighted by molar-refractivity contribution is -0.170. The van der Waals surface area contributed by atoms with Crippen LogP contribution in [0, 0.1) is 5.92 Å². The maximum absolute atomic E-state index is 13.2. The van der Waals surface area contributed by atoms with E-state index >= 15 is 0 Å². The maximum Gasteiger partial charge on any atom is 0.413 e. The van der Waals surface area contributed by atoms with Gasteiger partial charge in [-0.1, -0.05) is 60.7 Å². The summed E-state index contributed by atoms with van der Waals surface area (Å²) in [7, 11) is 0. The highest BCUT2D eigenvalue weighted by Crippen LogP contribution is 2.34. The Morgan fingerprint density at radius 3 is 2.35 bits per heavy atom. The SMILES string of the molecule is CC(NC(=O)N1C(=O)C(Cc2cnc(NC(=O)OC(C)(C)C)s2)C1C(=O)OCc1ccccc1)c1ccccc1. The number of carbonyl (C=O) groups is 4. The first-order valence-corrected chi connectivity index (χ1v) is 13.7. The Hall–Kier alpha value is -4.25. The number of likely N-dealkylation sites (tertiary alicyclic amines) is 1. The fraction of sp³-hybridized carbons (Fsp3) is 0.345. The fourth-order valence-electron chi connectivity index (χ4n) is 4.20. The number of anilines is 1. The lowest BCUT2D eigenvalue weighted by Gasteiger charge is -2.43. The number of benzene rings is 2. The van der Waals surface area contributed by atoms with Crippen LogP contribution in [0.4, 0.5) is 14.7 Å². The lowest BCUT2D eigenvalue weighted by atomic mass is 9.84. The minimum Gasteiger partial charge on any atom is -0.459 e. The quantitative estimate of drug-likeness (QED) is 0.289. The van der Waals surface area contributed by atoms with Gasteiger partial charge in [-0.3, -0.25) is 10.1 Å². The molecule has 1 aromatic heterocycles. The number of nitrogens with one attached hydrogen (secondary N) is 2. The summed E-state index contributed by atoms with van der Waals surface area (Å²) in [6.45, 7) is 7.07. The van der Waals surface area contributed by atoms with E-state index in [1.54, 1.807) is 27.7 Å². The van der Waals surface area contributed by atoms with Gasteiger partial charge in [0.1, 0.15) is 12.2 Å². The van der Waals surface area contributed by atoms with Crippen molar-refractivity contribution >= 4 is 40.5 Å². The molecule has 4 amide bonds. The number of amides is 4. The molecule has 1 saturated heterocycles. The van der Waals surface area contributed by atoms with Gasteiger partial charge in [-0.25, -0.2) is 24.3 Å². The van der Waals surface area contributed by atoms with E-state index in [1.165, 1.54) is 6.20 Å². The van der Waals surface area contributed by atoms with Crippen molar-refractivity contribution in [1.29, 1.82) is 0 Å². The summed E-state index contributed by atoms with van der Waals surface area (Å²) in [4.78, 5) is 57.4. The van der Waals surface area contributed by atoms with Crippen LogP contribution in [0.25, 0.3) is 0 Å². The molecule has 10 nitrogen and oxygen atoms in total. The summed E-state index contributed by atoms with van der Waals surface area (Å²) in [5.41, 5.74) is 0.975. The Bertz CT molecular complexity index is 1360. The Morgan fingerprint density at radius 2 is 1.70 bits per heavy atom. The second-order valence-electron chi connectivity index (χ2n) is 10.4. The van der Waals surface area contributed by atoms with Crippen LogP contribution in [-0.4, -0.2) is 45.5 Å². The van der Waals surface area contributed by atoms with E-state index in [1.807, 2.05) is 60.7 Å². The number of hydrogen-bond acceptors (Lipinski definition) is 8. The summed E-state index contributed by atoms with van der Waals surface area (Å²) in [5.74, 6) is -1.99. The number of aromatic nitrogens is 1. The largest absolute Gasteiger partial charge is 0.459 e. The predicted octanol–water partition coefficient (Wildman–Crippen LogP) is 5.07. The minimum atomic E-state index is -1.11. The molecule has 0 aliphatic carbocycles. The van der Waals surface area contributed by atoms with Gasteiger partial charge >= 0.3 is 18.1 Å². The molecule has 4 rings (SSSR count). The zero-order valence-electron chi connectivity index (χ0n) is 22.7. The maximum atomic E-state index is 13.2. The van der Waals surface area contributed by atoms with Gasteiger partial charge in [-0.05, 0) is 45.2 Å². The minimum absolute atomic E-state index is 0.0114. The number of rotatable bonds is 8. The highest BCUT2D eigenvalue weighted by Gasteiger charge is 2.55. The van der Waals surface area contributed by atoms with Gasteiger partial charge in [0.05, 0.1) is 12.0 Å². The molecule has 1 aliphatic heterocycles. The number of nitrogens with zero attached hydrogens (tertiary/aromatic N) is 2. The number of imide groups is 1. The summed E-state index contributed by atoms with van der Waals surface area (Å²) in [5, 5.41) is 5.67. The van der Waals surface area contributed by atoms with Crippen molar-refractivity contribution in [2.24, 2.45) is 5.92 Å². The Morgan fingerprint density at radius 1 is 1.05 bits per heavy atom. The topological polar surface area (TPSA) is 127 Å². The van der Waals surface area contributed by atoms with Crippen LogP contribution in [0.5, 0.6) is 0 Å². The third-order valence-corrected chi connectivity index (χ3v) is 7.06. The smallest absolute Gasteiger partial charge is 0.413 e. The fourth-order valence-corrected chi connectivity index (χ4v) is 5.06. The third-order valence-electron chi connectivity index (χ3n) is 6.12. The van der Waals surface area contributed by atoms with Gasteiger partial charge in [0.15, 0.2) is 11.2 Å². The van der Waals surface area contributed by atoms with Crippen molar-refractivity contribution in [1.82, 2.24) is 15.2 Å². The van der Waals surface area contributed by atoms with Crippen LogP contribution in [0.15, 0.2) is 66.9 Å². The molecule has 3 atom stereocenters. The Kier molecular flexibility index (Phi) is 8.83. The van der Waals surface area contributed by atoms with Crippen LogP contribution in [0.2, 0.25) is 0 Å². The van der Waals surface area contributed by atoms with E-state index in [0.29, 0.717) is 10.0 Å². The molecule has 40 heavy (non-hydrogen) atoms. The highest BCUT2D eigenvalue weighted by molar-refractivity contribution is 7.15. The number of hydrogen-bond donors (Lipinski definition) is 2. The zero-order chi connectivity index (χ0) is 28.9. The first-order chi connectivity index (χ1) is 19.0. The normalized spacial score (nSPS) is 17.4. The highest BCUT2D eigenvalue weighted by atomic mass is 32.1. The van der Waals surface area contributed by atoms with E-state index in [2.05, 4.69) is 15.6 Å². The van der Waals surface area contributed by atoms with Gasteiger partial charge in [0.2, 0.25) is 5.91 Å². The molecule has 0 spiro atoms. The second kappa shape index (κ2) is 12.3. The molecule has 2 aromatic carbocycles. The van der Waals surface area contributed by atoms with Crippen LogP contribution in [0.1, 0.15) is 49.7 Å². The van der Waals surface area contributed by atoms with Crippen molar-refractivity contribution in [3.05, 3.63) is 82.9 Å². The van der Waals surface area contributed by atoms with Gasteiger partial charge in [-0.2, -0.15) is 0 Å². The third kappa shape index (κ3) is 7.23. The first kappa shape index (κ1) is 28.8. The number of esters is 1. The molecular weight excluding hydrogens is 532 g/mol. The summed E-state index contributed by atoms with van der Waals surface area (Å²) in [6, 6.07) is 16.3. The van der Waals surface area contributed by atoms with E-state index in [9.17, 15) is 19.2 Å². The van der Waals surface area contributed by atoms with Crippen LogP contribution in [0.3, 0.4) is 0 Å². The van der Waals surface area contributed by atoms with Crippen LogP contribution < -0.4 is 10.6 Å². The first-order valence-electron chi connectivity index (χ1n) is 12.9. The lowest BCUT2D eigenvalue weighted by Crippen LogP contribution is -2.69. The van der Waals surface area contributed by atoms with Gasteiger partial charge < -0.3 is 14.8 Å². The average molecular weight is 565 g/mol. The van der Waals surface area contributed by atoms with Crippen molar-refractivity contribution in [3.63, 3.8) is 0 Å². The summed E-state index contributed by atoms with van der Waals surface area (Å²) in [6.07, 6.45) is 1.03. The van der Waals surface area contributed by atoms with Gasteiger partial charge in [0, 0.05) is 11.1 Å². The van der Waals surface area contributed by atoms with Crippen molar-refractivity contribution < 1.29 is 28.7 Å². The molecule has 11 heteroatoms. The van der Waals surface area contributed by atoms with Gasteiger partial charge in [-0.15, -0.1) is 11.3 Å². The predicted molar refractivity (Wildman–Crippen MR) is 149 cm³/mol. The molecule has 3 aromatic rings. The van der Waals surface area contributed by atoms with E-state index in [0.717, 1.165) is 27.4 Å². The van der Waals surface area contributed by atoms with E-state index in [4.69, 9.17) is 9.47 Å². The summed E-state index contributed by atoms with van der Waals surface area (Å²) >= 11 is 1.16. The van der Waals surface area contributed by atoms with Crippen LogP contribution >= 0.6 is 11.3 Å². The van der Waals surface area contributed by atoms with Gasteiger partial charge in [0.25, 0.3) is 0 Å². The standard InChI is InChI=1S/C29H32N4O6S/c1-18(20-13-9-6-10-14-20)31-27(36)33-23(25(35)38-17-19-11-7-5-8-12-19)22(24(33)34)15-21-16-30-26(40-21)32-28(37)39-29(2,3)4/h5-14,16,18,22-23H,15,17H2,1-4H3,(H,31,36)(H,30,32,37). The molecule has 1 fully saturated rings. The van der Waals surface area contributed by atoms with Crippen molar-refractivity contribution in [2.45, 2.75) is 58.4 Å². The molecule has 0 saturated carbocycles. The zero-order valence-corrected chi connectivity index (χ0v) is 23.6. The Labute approximate surface area is 236 Å². The molecule has 2 N–H and O–H groups in total. The number of carbonyl (C=O) groups excluding carboxylic acids is 4. The van der Waals surface area contributed by atoms with Crippen LogP contribution in [-0.2, 0) is 32.1 Å². The number of β-lactam (4-membered cyclic amide) rings is 1. The molecular formula is C29H32N4O6S. The average Bonchev–Trinajstić information content (AvgIpc) is 3.35. The molecule has 0 radical (unpaired) electrons. The van der Waals surface area contributed by atoms with E-state index < -0.39 is 41.6 Å².